The summed E-state index contributed by atoms with van der Waals surface area (Å²) in [5.41, 5.74) is -0.222. The first kappa shape index (κ1) is 16.7. The number of hydrogen-bond acceptors (Lipinski definition) is 4. The Morgan fingerprint density at radius 1 is 1.25 bits per heavy atom. The minimum absolute atomic E-state index is 0.0707. The zero-order valence-electron chi connectivity index (χ0n) is 13.4. The predicted octanol–water partition coefficient (Wildman–Crippen LogP) is 2.02. The number of carbonyl (C=O) groups excluding carboxylic acids is 1. The molecule has 1 fully saturated rings. The molecule has 1 amide bonds. The number of amides is 1. The van der Waals surface area contributed by atoms with Gasteiger partial charge < -0.3 is 14.8 Å². The number of benzene rings is 1. The summed E-state index contributed by atoms with van der Waals surface area (Å²) >= 11 is 0. The second kappa shape index (κ2) is 7.15. The summed E-state index contributed by atoms with van der Waals surface area (Å²) in [4.78, 5) is 14.0. The van der Waals surface area contributed by atoms with Gasteiger partial charge in [-0.15, -0.1) is 0 Å². The number of nitrogens with one attached hydrogen (secondary N) is 1. The monoisotopic (exact) mass is 332 g/mol. The Bertz CT molecular complexity index is 662. The fraction of sp³-hybridized carbons (Fsp3) is 0.389. The fourth-order valence-corrected chi connectivity index (χ4v) is 2.99. The van der Waals surface area contributed by atoms with Crippen molar-refractivity contribution in [3.05, 3.63) is 59.8 Å². The molecule has 2 aromatic rings. The van der Waals surface area contributed by atoms with Crippen LogP contribution in [-0.4, -0.2) is 35.5 Å². The van der Waals surface area contributed by atoms with Crippen molar-refractivity contribution >= 4 is 5.91 Å². The number of nitrogens with zero attached hydrogens (tertiary/aromatic N) is 1. The van der Waals surface area contributed by atoms with Crippen LogP contribution in [0.15, 0.2) is 47.1 Å². The molecule has 2 heterocycles. The molecule has 0 aliphatic carbocycles. The third-order valence-electron chi connectivity index (χ3n) is 4.47. The van der Waals surface area contributed by atoms with Gasteiger partial charge >= 0.3 is 0 Å². The first-order valence-corrected chi connectivity index (χ1v) is 8.05. The molecule has 0 atom stereocenters. The van der Waals surface area contributed by atoms with E-state index >= 15 is 0 Å². The van der Waals surface area contributed by atoms with Crippen LogP contribution in [0.25, 0.3) is 0 Å². The molecule has 1 saturated heterocycles. The van der Waals surface area contributed by atoms with Crippen LogP contribution in [0.4, 0.5) is 4.39 Å². The van der Waals surface area contributed by atoms with Gasteiger partial charge in [-0.3, -0.25) is 9.69 Å². The molecule has 2 N–H and O–H groups in total. The summed E-state index contributed by atoms with van der Waals surface area (Å²) in [5, 5.41) is 13.6. The quantitative estimate of drug-likeness (QED) is 0.879. The fourth-order valence-electron chi connectivity index (χ4n) is 2.99. The van der Waals surface area contributed by atoms with Crippen LogP contribution in [0.2, 0.25) is 0 Å². The molecular weight excluding hydrogens is 311 g/mol. The first-order valence-electron chi connectivity index (χ1n) is 8.05. The van der Waals surface area contributed by atoms with Crippen LogP contribution in [0.1, 0.15) is 24.2 Å². The molecule has 0 bridgehead atoms. The molecule has 0 saturated carbocycles. The highest BCUT2D eigenvalue weighted by molar-refractivity contribution is 5.77. The zero-order valence-corrected chi connectivity index (χ0v) is 13.4. The number of furan rings is 1. The number of halogens is 1. The van der Waals surface area contributed by atoms with Gasteiger partial charge in [0.05, 0.1) is 25.0 Å². The van der Waals surface area contributed by atoms with Crippen molar-refractivity contribution < 1.29 is 18.7 Å². The van der Waals surface area contributed by atoms with Gasteiger partial charge in [-0.05, 0) is 42.7 Å². The second-order valence-electron chi connectivity index (χ2n) is 6.17. The van der Waals surface area contributed by atoms with E-state index < -0.39 is 5.60 Å². The highest BCUT2D eigenvalue weighted by atomic mass is 19.1. The van der Waals surface area contributed by atoms with Crippen LogP contribution >= 0.6 is 0 Å². The molecule has 0 unspecified atom stereocenters. The molecule has 1 aromatic heterocycles. The van der Waals surface area contributed by atoms with E-state index in [1.807, 2.05) is 11.0 Å². The van der Waals surface area contributed by atoms with E-state index in [4.69, 9.17) is 4.42 Å². The summed E-state index contributed by atoms with van der Waals surface area (Å²) < 4.78 is 18.2. The van der Waals surface area contributed by atoms with Gasteiger partial charge in [-0.25, -0.2) is 4.39 Å². The minimum atomic E-state index is -0.950. The molecule has 24 heavy (non-hydrogen) atoms. The third kappa shape index (κ3) is 4.01. The number of carbonyl (C=O) groups is 1. The molecule has 0 radical (unpaired) electrons. The van der Waals surface area contributed by atoms with Crippen molar-refractivity contribution in [1.82, 2.24) is 10.2 Å². The van der Waals surface area contributed by atoms with Crippen molar-refractivity contribution in [3.63, 3.8) is 0 Å². The molecule has 1 aliphatic heterocycles. The molecule has 5 nitrogen and oxygen atoms in total. The van der Waals surface area contributed by atoms with Gasteiger partial charge in [-0.2, -0.15) is 0 Å². The summed E-state index contributed by atoms with van der Waals surface area (Å²) in [6.45, 7) is 1.89. The maximum atomic E-state index is 13.0. The Hall–Kier alpha value is -2.18. The smallest absolute Gasteiger partial charge is 0.234 e. The third-order valence-corrected chi connectivity index (χ3v) is 4.47. The summed E-state index contributed by atoms with van der Waals surface area (Å²) in [6, 6.07) is 9.57. The van der Waals surface area contributed by atoms with E-state index in [1.165, 1.54) is 12.1 Å². The lowest BCUT2D eigenvalue weighted by Crippen LogP contribution is -2.46. The van der Waals surface area contributed by atoms with Gasteiger partial charge in [0.15, 0.2) is 0 Å². The van der Waals surface area contributed by atoms with Crippen molar-refractivity contribution in [2.24, 2.45) is 0 Å². The average Bonchev–Trinajstić information content (AvgIpc) is 3.09. The Labute approximate surface area is 140 Å². The number of hydrogen-bond donors (Lipinski definition) is 2. The molecule has 6 heteroatoms. The van der Waals surface area contributed by atoms with Crippen molar-refractivity contribution in [2.75, 3.05) is 19.6 Å². The molecule has 1 aromatic carbocycles. The lowest BCUT2D eigenvalue weighted by molar-refractivity contribution is -0.123. The SMILES string of the molecule is O=C(CN1CCC(O)(c2ccc(F)cc2)CC1)NCc1ccco1. The van der Waals surface area contributed by atoms with Crippen LogP contribution in [0.3, 0.4) is 0 Å². The van der Waals surface area contributed by atoms with E-state index in [-0.39, 0.29) is 11.7 Å². The average molecular weight is 332 g/mol. The maximum absolute atomic E-state index is 13.0. The van der Waals surface area contributed by atoms with Gasteiger partial charge in [0.2, 0.25) is 5.91 Å². The highest BCUT2D eigenvalue weighted by Crippen LogP contribution is 2.32. The highest BCUT2D eigenvalue weighted by Gasteiger charge is 2.34. The van der Waals surface area contributed by atoms with Gasteiger partial charge in [0.1, 0.15) is 11.6 Å². The lowest BCUT2D eigenvalue weighted by atomic mass is 9.84. The van der Waals surface area contributed by atoms with Crippen LogP contribution in [-0.2, 0) is 16.9 Å². The maximum Gasteiger partial charge on any atom is 0.234 e. The van der Waals surface area contributed by atoms with E-state index in [2.05, 4.69) is 5.32 Å². The molecule has 1 aliphatic rings. The molecule has 0 spiro atoms. The van der Waals surface area contributed by atoms with E-state index in [0.717, 1.165) is 5.56 Å². The first-order chi connectivity index (χ1) is 11.5. The van der Waals surface area contributed by atoms with Crippen LogP contribution in [0, 0.1) is 5.82 Å². The Kier molecular flexibility index (Phi) is 4.97. The molecular formula is C18H21FN2O3. The zero-order chi connectivity index (χ0) is 17.0. The van der Waals surface area contributed by atoms with Crippen molar-refractivity contribution in [3.8, 4) is 0 Å². The number of likely N-dealkylation sites (tertiary alicyclic amines) is 1. The molecule has 128 valence electrons. The van der Waals surface area contributed by atoms with Gasteiger partial charge in [0.25, 0.3) is 0 Å². The largest absolute Gasteiger partial charge is 0.467 e. The van der Waals surface area contributed by atoms with E-state index in [1.54, 1.807) is 24.5 Å². The number of rotatable bonds is 5. The summed E-state index contributed by atoms with van der Waals surface area (Å²) in [7, 11) is 0. The predicted molar refractivity (Wildman–Crippen MR) is 86.5 cm³/mol. The van der Waals surface area contributed by atoms with Crippen LogP contribution < -0.4 is 5.32 Å². The standard InChI is InChI=1S/C18H21FN2O3/c19-15-5-3-14(4-6-15)18(23)7-9-21(10-8-18)13-17(22)20-12-16-2-1-11-24-16/h1-6,11,23H,7-10,12-13H2,(H,20,22). The minimum Gasteiger partial charge on any atom is -0.467 e. The Balaban J connectivity index is 1.47. The summed E-state index contributed by atoms with van der Waals surface area (Å²) in [5.74, 6) is 0.333. The van der Waals surface area contributed by atoms with Crippen LogP contribution in [0.5, 0.6) is 0 Å². The number of piperidine rings is 1. The molecule has 3 rings (SSSR count). The topological polar surface area (TPSA) is 65.7 Å². The van der Waals surface area contributed by atoms with E-state index in [9.17, 15) is 14.3 Å². The summed E-state index contributed by atoms with van der Waals surface area (Å²) in [6.07, 6.45) is 2.61. The van der Waals surface area contributed by atoms with Gasteiger partial charge in [-0.1, -0.05) is 12.1 Å². The van der Waals surface area contributed by atoms with E-state index in [0.29, 0.717) is 44.8 Å². The second-order valence-corrected chi connectivity index (χ2v) is 6.17. The Morgan fingerprint density at radius 3 is 2.58 bits per heavy atom. The lowest BCUT2D eigenvalue weighted by Gasteiger charge is -2.38. The van der Waals surface area contributed by atoms with Gasteiger partial charge in [0, 0.05) is 13.1 Å². The van der Waals surface area contributed by atoms with Crippen molar-refractivity contribution in [2.45, 2.75) is 25.0 Å². The van der Waals surface area contributed by atoms with Crippen molar-refractivity contribution in [1.29, 1.82) is 0 Å². The normalized spacial score (nSPS) is 17.6. The Morgan fingerprint density at radius 2 is 1.96 bits per heavy atom. The number of aliphatic hydroxyl groups is 1.